The Bertz CT molecular complexity index is 1030. The van der Waals surface area contributed by atoms with Crippen LogP contribution in [0, 0.1) is 0 Å². The maximum Gasteiger partial charge on any atom is 0.472 e. The number of esters is 1. The molecule has 2 unspecified atom stereocenters. The molecule has 0 spiro atoms. The van der Waals surface area contributed by atoms with Crippen LogP contribution in [-0.2, 0) is 27.9 Å². The van der Waals surface area contributed by atoms with E-state index in [9.17, 15) is 14.3 Å². The lowest BCUT2D eigenvalue weighted by Crippen LogP contribution is -2.37. The van der Waals surface area contributed by atoms with Crippen molar-refractivity contribution in [1.29, 1.82) is 0 Å². The summed E-state index contributed by atoms with van der Waals surface area (Å²) in [6.07, 6.45) is 42.4. The molecule has 0 saturated heterocycles. The van der Waals surface area contributed by atoms with Crippen LogP contribution in [0.5, 0.6) is 0 Å². The minimum atomic E-state index is -4.29. The van der Waals surface area contributed by atoms with Gasteiger partial charge >= 0.3 is 13.8 Å². The molecule has 2 atom stereocenters. The van der Waals surface area contributed by atoms with E-state index in [2.05, 4.69) is 86.8 Å². The van der Waals surface area contributed by atoms with Gasteiger partial charge in [-0.3, -0.25) is 13.8 Å². The number of likely N-dealkylation sites (N-methyl/N-ethyl adjacent to an activating group) is 1. The minimum Gasteiger partial charge on any atom is -0.457 e. The van der Waals surface area contributed by atoms with Gasteiger partial charge in [0.25, 0.3) is 0 Å². The number of phosphoric ester groups is 1. The largest absolute Gasteiger partial charge is 0.472 e. The van der Waals surface area contributed by atoms with Crippen molar-refractivity contribution in [2.45, 2.75) is 129 Å². The Morgan fingerprint density at radius 2 is 1.16 bits per heavy atom. The van der Waals surface area contributed by atoms with Crippen molar-refractivity contribution in [3.8, 4) is 0 Å². The highest BCUT2D eigenvalue weighted by atomic mass is 31.2. The molecule has 0 radical (unpaired) electrons. The molecule has 0 aliphatic carbocycles. The highest BCUT2D eigenvalue weighted by Crippen LogP contribution is 2.43. The highest BCUT2D eigenvalue weighted by Gasteiger charge is 2.26. The van der Waals surface area contributed by atoms with Crippen molar-refractivity contribution in [2.24, 2.45) is 0 Å². The van der Waals surface area contributed by atoms with Crippen molar-refractivity contribution in [1.82, 2.24) is 0 Å². The second-order valence-corrected chi connectivity index (χ2v) is 15.0. The Morgan fingerprint density at radius 3 is 1.74 bits per heavy atom. The second kappa shape index (κ2) is 34.0. The molecule has 0 saturated carbocycles. The molecule has 0 fully saturated rings. The quantitative estimate of drug-likeness (QED) is 0.0232. The van der Waals surface area contributed by atoms with Gasteiger partial charge in [-0.1, -0.05) is 119 Å². The van der Waals surface area contributed by atoms with Gasteiger partial charge in [0.05, 0.1) is 41.0 Å². The van der Waals surface area contributed by atoms with Crippen LogP contribution in [0.25, 0.3) is 0 Å². The number of quaternary nitrogens is 1. The summed E-state index contributed by atoms with van der Waals surface area (Å²) in [6.45, 7) is 5.20. The zero-order valence-corrected chi connectivity index (χ0v) is 33.2. The van der Waals surface area contributed by atoms with E-state index in [1.807, 2.05) is 21.1 Å². The Balaban J connectivity index is 4.46. The summed E-state index contributed by atoms with van der Waals surface area (Å²) < 4.78 is 34.7. The fourth-order valence-electron chi connectivity index (χ4n) is 4.55. The number of rotatable bonds is 34. The van der Waals surface area contributed by atoms with Gasteiger partial charge in [0, 0.05) is 6.42 Å². The van der Waals surface area contributed by atoms with Crippen LogP contribution in [0.2, 0.25) is 0 Å². The Labute approximate surface area is 306 Å². The van der Waals surface area contributed by atoms with E-state index in [1.54, 1.807) is 0 Å². The summed E-state index contributed by atoms with van der Waals surface area (Å²) in [5, 5.41) is 0. The number of nitrogens with zero attached hydrogens (tertiary/aromatic N) is 1. The van der Waals surface area contributed by atoms with E-state index in [0.717, 1.165) is 64.2 Å². The van der Waals surface area contributed by atoms with E-state index >= 15 is 0 Å². The zero-order chi connectivity index (χ0) is 37.0. The molecule has 9 heteroatoms. The summed E-state index contributed by atoms with van der Waals surface area (Å²) in [5.74, 6) is -0.353. The molecule has 0 rings (SSSR count). The summed E-state index contributed by atoms with van der Waals surface area (Å²) in [7, 11) is 1.60. The first-order chi connectivity index (χ1) is 24.1. The number of unbranched alkanes of at least 4 members (excludes halogenated alkanes) is 8. The lowest BCUT2D eigenvalue weighted by Gasteiger charge is -2.24. The number of hydrogen-bond acceptors (Lipinski definition) is 6. The third kappa shape index (κ3) is 37.2. The van der Waals surface area contributed by atoms with Gasteiger partial charge in [-0.2, -0.15) is 0 Å². The number of carbonyl (C=O) groups excluding carboxylic acids is 1. The molecular weight excluding hydrogens is 649 g/mol. The predicted octanol–water partition coefficient (Wildman–Crippen LogP) is 10.8. The van der Waals surface area contributed by atoms with E-state index < -0.39 is 13.9 Å². The topological polar surface area (TPSA) is 91.3 Å². The van der Waals surface area contributed by atoms with Crippen molar-refractivity contribution in [2.75, 3.05) is 54.1 Å². The Hall–Kier alpha value is -2.06. The van der Waals surface area contributed by atoms with Gasteiger partial charge < -0.3 is 18.9 Å². The SMILES string of the molecule is CC/C=C\C/C=C\C/C=C\C/C=C\C/C=C\CCOCC(COP(=O)(O)OCC[N+](C)(C)C)OC(=O)CCCCCCC/C=C\CCCCC. The van der Waals surface area contributed by atoms with Gasteiger partial charge in [0.15, 0.2) is 0 Å². The second-order valence-electron chi connectivity index (χ2n) is 13.6. The van der Waals surface area contributed by atoms with E-state index in [-0.39, 0.29) is 25.8 Å². The molecule has 8 nitrogen and oxygen atoms in total. The smallest absolute Gasteiger partial charge is 0.457 e. The number of phosphoric acid groups is 1. The summed E-state index contributed by atoms with van der Waals surface area (Å²) >= 11 is 0. The van der Waals surface area contributed by atoms with Crippen LogP contribution in [-0.4, -0.2) is 75.6 Å². The number of carbonyl (C=O) groups is 1. The van der Waals surface area contributed by atoms with Crippen LogP contribution in [0.15, 0.2) is 72.9 Å². The third-order valence-corrected chi connectivity index (χ3v) is 8.51. The third-order valence-electron chi connectivity index (χ3n) is 7.52. The Morgan fingerprint density at radius 1 is 0.640 bits per heavy atom. The van der Waals surface area contributed by atoms with Crippen molar-refractivity contribution < 1.29 is 37.3 Å². The lowest BCUT2D eigenvalue weighted by molar-refractivity contribution is -0.870. The first kappa shape index (κ1) is 47.9. The standard InChI is InChI=1S/C41H72NO7P/c1-6-8-10-12-14-16-18-20-21-22-23-25-27-29-31-33-36-46-38-40(39-48-50(44,45)47-37-35-42(3,4)5)49-41(43)34-32-30-28-26-24-19-17-15-13-11-9-7-2/h8,10,14-17,20-21,23,25,29,31,40H,6-7,9,11-13,18-19,22,24,26-28,30,32-39H2,1-5H3/p+1/b10-8-,16-14-,17-15-,21-20-,25-23-,31-29-. The zero-order valence-electron chi connectivity index (χ0n) is 32.4. The van der Waals surface area contributed by atoms with Gasteiger partial charge in [-0.15, -0.1) is 0 Å². The molecule has 0 heterocycles. The molecule has 0 bridgehead atoms. The van der Waals surface area contributed by atoms with Gasteiger partial charge in [0.1, 0.15) is 19.3 Å². The summed E-state index contributed by atoms with van der Waals surface area (Å²) in [6, 6.07) is 0. The molecule has 0 aromatic carbocycles. The monoisotopic (exact) mass is 723 g/mol. The predicted molar refractivity (Wildman–Crippen MR) is 210 cm³/mol. The van der Waals surface area contributed by atoms with Crippen LogP contribution >= 0.6 is 7.82 Å². The highest BCUT2D eigenvalue weighted by molar-refractivity contribution is 7.47. The fraction of sp³-hybridized carbons (Fsp3) is 0.683. The fourth-order valence-corrected chi connectivity index (χ4v) is 5.29. The average molecular weight is 723 g/mol. The van der Waals surface area contributed by atoms with Gasteiger partial charge in [-0.25, -0.2) is 4.57 Å². The Kier molecular flexibility index (Phi) is 32.6. The normalized spacial score (nSPS) is 14.8. The van der Waals surface area contributed by atoms with Crippen LogP contribution < -0.4 is 0 Å². The molecular formula is C41H73NO7P+. The van der Waals surface area contributed by atoms with Crippen molar-refractivity contribution in [3.63, 3.8) is 0 Å². The van der Waals surface area contributed by atoms with E-state index in [1.165, 1.54) is 32.1 Å². The van der Waals surface area contributed by atoms with E-state index in [4.69, 9.17) is 18.5 Å². The maximum absolute atomic E-state index is 12.6. The number of ether oxygens (including phenoxy) is 2. The first-order valence-corrected chi connectivity index (χ1v) is 20.7. The molecule has 0 aromatic heterocycles. The molecule has 288 valence electrons. The lowest BCUT2D eigenvalue weighted by atomic mass is 10.1. The molecule has 1 N–H and O–H groups in total. The maximum atomic E-state index is 12.6. The van der Waals surface area contributed by atoms with Crippen LogP contribution in [0.3, 0.4) is 0 Å². The molecule has 0 aliphatic rings. The molecule has 0 amide bonds. The van der Waals surface area contributed by atoms with Crippen molar-refractivity contribution >= 4 is 13.8 Å². The summed E-state index contributed by atoms with van der Waals surface area (Å²) in [4.78, 5) is 22.7. The van der Waals surface area contributed by atoms with Crippen molar-refractivity contribution in [3.05, 3.63) is 72.9 Å². The first-order valence-electron chi connectivity index (χ1n) is 19.2. The summed E-state index contributed by atoms with van der Waals surface area (Å²) in [5.41, 5.74) is 0. The van der Waals surface area contributed by atoms with Crippen LogP contribution in [0.4, 0.5) is 0 Å². The molecule has 50 heavy (non-hydrogen) atoms. The van der Waals surface area contributed by atoms with E-state index in [0.29, 0.717) is 30.5 Å². The van der Waals surface area contributed by atoms with Crippen LogP contribution in [0.1, 0.15) is 123 Å². The van der Waals surface area contributed by atoms with Gasteiger partial charge in [-0.05, 0) is 70.6 Å². The van der Waals surface area contributed by atoms with Gasteiger partial charge in [0.2, 0.25) is 0 Å². The minimum absolute atomic E-state index is 0.0702. The average Bonchev–Trinajstić information content (AvgIpc) is 3.06. The molecule has 0 aliphatic heterocycles. The number of allylic oxidation sites excluding steroid dienone is 11. The number of hydrogen-bond donors (Lipinski definition) is 1. The molecule has 0 aromatic rings.